The van der Waals surface area contributed by atoms with E-state index in [0.717, 1.165) is 17.9 Å². The molecule has 0 radical (unpaired) electrons. The number of allylic oxidation sites excluding steroid dienone is 4. The maximum atomic E-state index is 7.03. The van der Waals surface area contributed by atoms with E-state index < -0.39 is 5.41 Å². The van der Waals surface area contributed by atoms with Gasteiger partial charge in [0.05, 0.1) is 16.8 Å². The lowest BCUT2D eigenvalue weighted by Gasteiger charge is -2.45. The molecule has 1 heterocycles. The molecule has 10 rings (SSSR count). The highest BCUT2D eigenvalue weighted by Crippen LogP contribution is 2.64. The van der Waals surface area contributed by atoms with Gasteiger partial charge in [-0.05, 0) is 84.7 Å². The molecule has 49 heavy (non-hydrogen) atoms. The summed E-state index contributed by atoms with van der Waals surface area (Å²) in [5.74, 6) is 0.801. The number of nitrogens with zero attached hydrogens (tertiary/aromatic N) is 1. The first-order valence-corrected chi connectivity index (χ1v) is 17.5. The van der Waals surface area contributed by atoms with Crippen LogP contribution in [0.5, 0.6) is 0 Å². The van der Waals surface area contributed by atoms with Crippen molar-refractivity contribution < 1.29 is 0 Å². The average molecular weight is 631 g/mol. The van der Waals surface area contributed by atoms with Crippen LogP contribution in [-0.4, -0.2) is 0 Å². The molecule has 0 saturated carbocycles. The molecule has 6 aromatic carbocycles. The summed E-state index contributed by atoms with van der Waals surface area (Å²) in [7, 11) is 0. The molecular formula is C47H38N2. The van der Waals surface area contributed by atoms with Gasteiger partial charge in [-0.25, -0.2) is 0 Å². The Labute approximate surface area is 288 Å². The van der Waals surface area contributed by atoms with Crippen molar-refractivity contribution in [3.63, 3.8) is 0 Å². The molecule has 0 fully saturated rings. The van der Waals surface area contributed by atoms with Crippen molar-refractivity contribution >= 4 is 22.6 Å². The van der Waals surface area contributed by atoms with E-state index in [1.54, 1.807) is 0 Å². The molecule has 6 aromatic rings. The molecule has 0 amide bonds. The van der Waals surface area contributed by atoms with Gasteiger partial charge in [-0.3, -0.25) is 0 Å². The summed E-state index contributed by atoms with van der Waals surface area (Å²) >= 11 is 0. The van der Waals surface area contributed by atoms with Gasteiger partial charge in [0.1, 0.15) is 0 Å². The van der Waals surface area contributed by atoms with E-state index in [-0.39, 0.29) is 5.41 Å². The Balaban J connectivity index is 1.23. The van der Waals surface area contributed by atoms with Gasteiger partial charge in [0, 0.05) is 18.2 Å². The van der Waals surface area contributed by atoms with E-state index in [9.17, 15) is 0 Å². The van der Waals surface area contributed by atoms with Crippen LogP contribution in [0.4, 0.5) is 17.1 Å². The van der Waals surface area contributed by atoms with Gasteiger partial charge in [-0.1, -0.05) is 159 Å². The van der Waals surface area contributed by atoms with E-state index >= 15 is 0 Å². The third-order valence-electron chi connectivity index (χ3n) is 12.0. The zero-order valence-corrected chi connectivity index (χ0v) is 27.9. The number of anilines is 3. The predicted octanol–water partition coefficient (Wildman–Crippen LogP) is 10.9. The molecule has 3 atom stereocenters. The van der Waals surface area contributed by atoms with Crippen molar-refractivity contribution in [2.24, 2.45) is 5.92 Å². The highest BCUT2D eigenvalue weighted by atomic mass is 15.2. The lowest BCUT2D eigenvalue weighted by Crippen LogP contribution is -2.38. The molecule has 1 aliphatic heterocycles. The molecule has 4 aliphatic rings. The Bertz CT molecular complexity index is 2380. The molecule has 0 aromatic heterocycles. The Morgan fingerprint density at radius 1 is 0.612 bits per heavy atom. The van der Waals surface area contributed by atoms with Crippen LogP contribution in [0, 0.1) is 5.92 Å². The van der Waals surface area contributed by atoms with Gasteiger partial charge in [-0.15, -0.1) is 0 Å². The topological polar surface area (TPSA) is 29.3 Å². The first-order chi connectivity index (χ1) is 24.0. The molecule has 2 heteroatoms. The van der Waals surface area contributed by atoms with Crippen LogP contribution in [0.3, 0.4) is 0 Å². The van der Waals surface area contributed by atoms with Crippen LogP contribution in [0.25, 0.3) is 16.7 Å². The maximum absolute atomic E-state index is 7.03. The SMILES string of the molecule is CC1(C)c2ccccc2C2C=CC(c3cccc4c3-c3ccccc3C43c4ccccc4N(Cc4ccccc4)c4c(N)cccc43)=CC21. The van der Waals surface area contributed by atoms with E-state index in [1.165, 1.54) is 66.9 Å². The smallest absolute Gasteiger partial charge is 0.0755 e. The summed E-state index contributed by atoms with van der Waals surface area (Å²) in [4.78, 5) is 2.44. The van der Waals surface area contributed by atoms with Gasteiger partial charge in [0.25, 0.3) is 0 Å². The van der Waals surface area contributed by atoms with E-state index in [0.29, 0.717) is 11.8 Å². The van der Waals surface area contributed by atoms with Crippen molar-refractivity contribution in [3.05, 3.63) is 202 Å². The summed E-state index contributed by atoms with van der Waals surface area (Å²) < 4.78 is 0. The minimum atomic E-state index is -0.513. The van der Waals surface area contributed by atoms with Gasteiger partial charge >= 0.3 is 0 Å². The molecule has 3 unspecified atom stereocenters. The predicted molar refractivity (Wildman–Crippen MR) is 203 cm³/mol. The van der Waals surface area contributed by atoms with Crippen LogP contribution in [-0.2, 0) is 17.4 Å². The summed E-state index contributed by atoms with van der Waals surface area (Å²) in [6.45, 7) is 5.58. The standard InChI is InChI=1S/C47H38N2/c1-46(2)36-19-8-6-16-33(36)34-27-26-31(28-41(34)46)32-18-12-22-39-44(32)35-17-7-9-20-37(35)47(39)38-21-10-11-25-43(38)49(29-30-14-4-3-5-15-30)45-40(47)23-13-24-42(45)48/h3-28,34,41H,29,48H2,1-2H3. The second-order valence-electron chi connectivity index (χ2n) is 14.7. The van der Waals surface area contributed by atoms with Gasteiger partial charge in [-0.2, -0.15) is 0 Å². The summed E-state index contributed by atoms with van der Waals surface area (Å²) in [6, 6.07) is 51.4. The highest BCUT2D eigenvalue weighted by Gasteiger charge is 2.53. The number of hydrogen-bond donors (Lipinski definition) is 1. The van der Waals surface area contributed by atoms with Crippen molar-refractivity contribution in [2.75, 3.05) is 10.6 Å². The Morgan fingerprint density at radius 2 is 1.27 bits per heavy atom. The van der Waals surface area contributed by atoms with Crippen LogP contribution in [0.1, 0.15) is 64.3 Å². The Hall–Kier alpha value is -5.60. The zero-order valence-electron chi connectivity index (χ0n) is 27.9. The number of rotatable bonds is 3. The van der Waals surface area contributed by atoms with Crippen molar-refractivity contribution in [1.82, 2.24) is 0 Å². The largest absolute Gasteiger partial charge is 0.397 e. The molecule has 2 N–H and O–H groups in total. The van der Waals surface area contributed by atoms with Crippen molar-refractivity contribution in [2.45, 2.75) is 37.1 Å². The van der Waals surface area contributed by atoms with Gasteiger partial charge < -0.3 is 10.6 Å². The number of benzene rings is 6. The molecule has 0 saturated heterocycles. The Kier molecular flexibility index (Phi) is 5.92. The minimum Gasteiger partial charge on any atom is -0.397 e. The fourth-order valence-electron chi connectivity index (χ4n) is 9.90. The van der Waals surface area contributed by atoms with E-state index in [2.05, 4.69) is 177 Å². The van der Waals surface area contributed by atoms with Crippen LogP contribution < -0.4 is 10.6 Å². The molecular weight excluding hydrogens is 593 g/mol. The zero-order chi connectivity index (χ0) is 32.9. The van der Waals surface area contributed by atoms with Crippen LogP contribution in [0.15, 0.2) is 158 Å². The number of nitrogen functional groups attached to an aromatic ring is 1. The highest BCUT2D eigenvalue weighted by molar-refractivity contribution is 6.00. The second kappa shape index (κ2) is 10.2. The van der Waals surface area contributed by atoms with E-state index in [4.69, 9.17) is 5.73 Å². The van der Waals surface area contributed by atoms with Crippen molar-refractivity contribution in [1.29, 1.82) is 0 Å². The number of hydrogen-bond acceptors (Lipinski definition) is 2. The minimum absolute atomic E-state index is 0.0509. The third kappa shape index (κ3) is 3.72. The van der Waals surface area contributed by atoms with Gasteiger partial charge in [0.15, 0.2) is 0 Å². The van der Waals surface area contributed by atoms with Crippen LogP contribution >= 0.6 is 0 Å². The summed E-state index contributed by atoms with van der Waals surface area (Å²) in [5, 5.41) is 0. The maximum Gasteiger partial charge on any atom is 0.0755 e. The number of nitrogens with two attached hydrogens (primary N) is 1. The average Bonchev–Trinajstić information content (AvgIpc) is 3.57. The second-order valence-corrected chi connectivity index (χ2v) is 14.7. The molecule has 1 spiro atoms. The molecule has 3 aliphatic carbocycles. The lowest BCUT2D eigenvalue weighted by atomic mass is 9.64. The summed E-state index contributed by atoms with van der Waals surface area (Å²) in [6.07, 6.45) is 7.44. The first-order valence-electron chi connectivity index (χ1n) is 17.5. The number of para-hydroxylation sites is 2. The normalized spacial score (nSPS) is 21.7. The fraction of sp³-hybridized carbons (Fsp3) is 0.149. The fourth-order valence-corrected chi connectivity index (χ4v) is 9.90. The molecule has 2 nitrogen and oxygen atoms in total. The van der Waals surface area contributed by atoms with E-state index in [1.807, 2.05) is 0 Å². The van der Waals surface area contributed by atoms with Gasteiger partial charge in [0.2, 0.25) is 0 Å². The summed E-state index contributed by atoms with van der Waals surface area (Å²) in [5.41, 5.74) is 24.3. The number of fused-ring (bicyclic) bond motifs is 12. The quantitative estimate of drug-likeness (QED) is 0.197. The third-order valence-corrected chi connectivity index (χ3v) is 12.0. The van der Waals surface area contributed by atoms with Crippen molar-refractivity contribution in [3.8, 4) is 11.1 Å². The monoisotopic (exact) mass is 630 g/mol. The molecule has 236 valence electrons. The lowest BCUT2D eigenvalue weighted by molar-refractivity contribution is 0.395. The van der Waals surface area contributed by atoms with Crippen LogP contribution in [0.2, 0.25) is 0 Å². The Morgan fingerprint density at radius 3 is 2.12 bits per heavy atom. The molecule has 0 bridgehead atoms. The first kappa shape index (κ1) is 28.4.